The number of ether oxygens (including phenoxy) is 1. The Bertz CT molecular complexity index is 839. The molecule has 0 unspecified atom stereocenters. The van der Waals surface area contributed by atoms with Gasteiger partial charge in [-0.05, 0) is 41.8 Å². The molecule has 3 aromatic rings. The quantitative estimate of drug-likeness (QED) is 0.425. The molecule has 0 bridgehead atoms. The third kappa shape index (κ3) is 2.27. The van der Waals surface area contributed by atoms with Crippen LogP contribution < -0.4 is 9.64 Å². The first-order valence-corrected chi connectivity index (χ1v) is 8.00. The van der Waals surface area contributed by atoms with Crippen LogP contribution in [-0.2, 0) is 0 Å². The van der Waals surface area contributed by atoms with E-state index in [4.69, 9.17) is 4.74 Å². The highest BCUT2D eigenvalue weighted by Crippen LogP contribution is 2.52. The van der Waals surface area contributed by atoms with Crippen LogP contribution in [-0.4, -0.2) is 0 Å². The van der Waals surface area contributed by atoms with Gasteiger partial charge in [-0.15, -0.1) is 0 Å². The number of nitrogens with zero attached hydrogens (tertiary/aromatic N) is 1. The van der Waals surface area contributed by atoms with E-state index in [2.05, 4.69) is 73.3 Å². The van der Waals surface area contributed by atoms with Crippen molar-refractivity contribution >= 4 is 17.1 Å². The van der Waals surface area contributed by atoms with Crippen LogP contribution in [0.15, 0.2) is 72.8 Å². The molecule has 0 aliphatic carbocycles. The minimum atomic E-state index is 0.410. The lowest BCUT2D eigenvalue weighted by atomic mass is 9.99. The SMILES string of the molecule is CC(C)c1cccc2c1Oc1ccccc1N2c1ccccc1. The summed E-state index contributed by atoms with van der Waals surface area (Å²) in [7, 11) is 0. The third-order valence-electron chi connectivity index (χ3n) is 4.22. The maximum absolute atomic E-state index is 6.28. The fourth-order valence-corrected chi connectivity index (χ4v) is 3.11. The Labute approximate surface area is 137 Å². The molecule has 114 valence electrons. The highest BCUT2D eigenvalue weighted by molar-refractivity contribution is 5.86. The number of rotatable bonds is 2. The summed E-state index contributed by atoms with van der Waals surface area (Å²) in [5.41, 5.74) is 4.55. The fraction of sp³-hybridized carbons (Fsp3) is 0.143. The maximum Gasteiger partial charge on any atom is 0.154 e. The Balaban J connectivity index is 1.98. The first kappa shape index (κ1) is 13.9. The topological polar surface area (TPSA) is 12.5 Å². The number of hydrogen-bond donors (Lipinski definition) is 0. The highest BCUT2D eigenvalue weighted by Gasteiger charge is 2.27. The number of para-hydroxylation sites is 4. The van der Waals surface area contributed by atoms with E-state index in [1.165, 1.54) is 5.56 Å². The number of fused-ring (bicyclic) bond motifs is 2. The molecule has 0 saturated heterocycles. The molecule has 1 aliphatic rings. The van der Waals surface area contributed by atoms with Crippen LogP contribution in [0.1, 0.15) is 25.3 Å². The summed E-state index contributed by atoms with van der Waals surface area (Å²) < 4.78 is 6.28. The van der Waals surface area contributed by atoms with Crippen molar-refractivity contribution in [1.82, 2.24) is 0 Å². The monoisotopic (exact) mass is 301 g/mol. The Morgan fingerprint density at radius 3 is 2.22 bits per heavy atom. The van der Waals surface area contributed by atoms with Crippen molar-refractivity contribution < 1.29 is 4.74 Å². The molecule has 1 aliphatic heterocycles. The Morgan fingerprint density at radius 1 is 0.739 bits per heavy atom. The second-order valence-corrected chi connectivity index (χ2v) is 6.09. The summed E-state index contributed by atoms with van der Waals surface area (Å²) >= 11 is 0. The fourth-order valence-electron chi connectivity index (χ4n) is 3.11. The Hall–Kier alpha value is -2.74. The van der Waals surface area contributed by atoms with Crippen molar-refractivity contribution in [2.75, 3.05) is 4.90 Å². The van der Waals surface area contributed by atoms with Gasteiger partial charge >= 0.3 is 0 Å². The van der Waals surface area contributed by atoms with E-state index in [0.717, 1.165) is 28.6 Å². The molecule has 2 nitrogen and oxygen atoms in total. The van der Waals surface area contributed by atoms with E-state index < -0.39 is 0 Å². The Kier molecular flexibility index (Phi) is 3.30. The smallest absolute Gasteiger partial charge is 0.154 e. The van der Waals surface area contributed by atoms with Gasteiger partial charge in [-0.25, -0.2) is 0 Å². The molecular weight excluding hydrogens is 282 g/mol. The molecule has 4 rings (SSSR count). The van der Waals surface area contributed by atoms with E-state index in [0.29, 0.717) is 5.92 Å². The normalized spacial score (nSPS) is 12.6. The van der Waals surface area contributed by atoms with Crippen molar-refractivity contribution in [3.8, 4) is 11.5 Å². The zero-order valence-electron chi connectivity index (χ0n) is 13.4. The van der Waals surface area contributed by atoms with Crippen LogP contribution in [0.3, 0.4) is 0 Å². The summed E-state index contributed by atoms with van der Waals surface area (Å²) in [4.78, 5) is 2.28. The minimum absolute atomic E-state index is 0.410. The standard InChI is InChI=1S/C21H19NO/c1-15(2)17-11-8-13-19-21(17)23-20-14-7-6-12-18(20)22(19)16-9-4-3-5-10-16/h3-15H,1-2H3. The van der Waals surface area contributed by atoms with Gasteiger partial charge in [0.15, 0.2) is 11.5 Å². The van der Waals surface area contributed by atoms with Gasteiger partial charge in [0, 0.05) is 5.69 Å². The van der Waals surface area contributed by atoms with Gasteiger partial charge in [0.2, 0.25) is 0 Å². The molecule has 3 aromatic carbocycles. The molecule has 0 fully saturated rings. The number of hydrogen-bond acceptors (Lipinski definition) is 2. The number of anilines is 3. The summed E-state index contributed by atoms with van der Waals surface area (Å²) in [6.07, 6.45) is 0. The lowest BCUT2D eigenvalue weighted by Crippen LogP contribution is -2.16. The first-order valence-electron chi connectivity index (χ1n) is 8.00. The molecule has 23 heavy (non-hydrogen) atoms. The lowest BCUT2D eigenvalue weighted by molar-refractivity contribution is 0.467. The van der Waals surface area contributed by atoms with Gasteiger partial charge in [-0.3, -0.25) is 0 Å². The predicted octanol–water partition coefficient (Wildman–Crippen LogP) is 6.39. The van der Waals surface area contributed by atoms with Crippen molar-refractivity contribution in [1.29, 1.82) is 0 Å². The molecule has 2 heteroatoms. The molecule has 0 amide bonds. The van der Waals surface area contributed by atoms with Crippen LogP contribution in [0.2, 0.25) is 0 Å². The Morgan fingerprint density at radius 2 is 1.43 bits per heavy atom. The molecule has 0 aromatic heterocycles. The van der Waals surface area contributed by atoms with Crippen molar-refractivity contribution in [2.24, 2.45) is 0 Å². The molecule has 0 spiro atoms. The first-order chi connectivity index (χ1) is 11.3. The molecular formula is C21H19NO. The van der Waals surface area contributed by atoms with Gasteiger partial charge < -0.3 is 9.64 Å². The second-order valence-electron chi connectivity index (χ2n) is 6.09. The third-order valence-corrected chi connectivity index (χ3v) is 4.22. The van der Waals surface area contributed by atoms with Crippen LogP contribution in [0.25, 0.3) is 0 Å². The average Bonchev–Trinajstić information content (AvgIpc) is 2.59. The van der Waals surface area contributed by atoms with E-state index in [1.807, 2.05) is 18.2 Å². The largest absolute Gasteiger partial charge is 0.453 e. The van der Waals surface area contributed by atoms with Gasteiger partial charge in [0.1, 0.15) is 0 Å². The molecule has 0 N–H and O–H groups in total. The lowest BCUT2D eigenvalue weighted by Gasteiger charge is -2.34. The average molecular weight is 301 g/mol. The number of benzene rings is 3. The van der Waals surface area contributed by atoms with Gasteiger partial charge in [-0.2, -0.15) is 0 Å². The van der Waals surface area contributed by atoms with Gasteiger partial charge in [-0.1, -0.05) is 56.3 Å². The van der Waals surface area contributed by atoms with E-state index in [-0.39, 0.29) is 0 Å². The van der Waals surface area contributed by atoms with Crippen molar-refractivity contribution in [3.63, 3.8) is 0 Å². The summed E-state index contributed by atoms with van der Waals surface area (Å²) in [5.74, 6) is 2.27. The maximum atomic E-state index is 6.28. The summed E-state index contributed by atoms with van der Waals surface area (Å²) in [5, 5.41) is 0. The summed E-state index contributed by atoms with van der Waals surface area (Å²) in [6.45, 7) is 4.40. The molecule has 0 atom stereocenters. The van der Waals surface area contributed by atoms with Crippen LogP contribution in [0, 0.1) is 0 Å². The zero-order valence-corrected chi connectivity index (χ0v) is 13.4. The minimum Gasteiger partial charge on any atom is -0.453 e. The van der Waals surface area contributed by atoms with E-state index >= 15 is 0 Å². The molecule has 0 radical (unpaired) electrons. The highest BCUT2D eigenvalue weighted by atomic mass is 16.5. The van der Waals surface area contributed by atoms with Crippen LogP contribution in [0.4, 0.5) is 17.1 Å². The van der Waals surface area contributed by atoms with E-state index in [1.54, 1.807) is 0 Å². The zero-order chi connectivity index (χ0) is 15.8. The predicted molar refractivity (Wildman–Crippen MR) is 95.3 cm³/mol. The molecule has 1 heterocycles. The van der Waals surface area contributed by atoms with E-state index in [9.17, 15) is 0 Å². The van der Waals surface area contributed by atoms with Crippen LogP contribution in [0.5, 0.6) is 11.5 Å². The summed E-state index contributed by atoms with van der Waals surface area (Å²) in [6, 6.07) is 25.0. The van der Waals surface area contributed by atoms with Crippen LogP contribution >= 0.6 is 0 Å². The van der Waals surface area contributed by atoms with Crippen molar-refractivity contribution in [2.45, 2.75) is 19.8 Å². The molecule has 0 saturated carbocycles. The van der Waals surface area contributed by atoms with Gasteiger partial charge in [0.05, 0.1) is 11.4 Å². The van der Waals surface area contributed by atoms with Crippen molar-refractivity contribution in [3.05, 3.63) is 78.4 Å². The van der Waals surface area contributed by atoms with Gasteiger partial charge in [0.25, 0.3) is 0 Å². The second kappa shape index (κ2) is 5.47.